The molecule has 1 amide bonds. The highest BCUT2D eigenvalue weighted by Crippen LogP contribution is 2.20. The summed E-state index contributed by atoms with van der Waals surface area (Å²) in [6, 6.07) is 0. The minimum Gasteiger partial charge on any atom is -0.378 e. The number of hydrogen-bond acceptors (Lipinski definition) is 4. The summed E-state index contributed by atoms with van der Waals surface area (Å²) >= 11 is 0. The van der Waals surface area contributed by atoms with E-state index in [0.717, 1.165) is 25.9 Å². The van der Waals surface area contributed by atoms with Crippen molar-refractivity contribution in [1.29, 1.82) is 0 Å². The average molecular weight is 284 g/mol. The van der Waals surface area contributed by atoms with Gasteiger partial charge in [-0.2, -0.15) is 0 Å². The van der Waals surface area contributed by atoms with Gasteiger partial charge in [0.05, 0.1) is 25.4 Å². The van der Waals surface area contributed by atoms with Crippen LogP contribution in [0, 0.1) is 0 Å². The third-order valence-corrected chi connectivity index (χ3v) is 4.05. The van der Waals surface area contributed by atoms with Crippen molar-refractivity contribution in [3.8, 4) is 0 Å². The number of amides is 1. The Hall–Kier alpha value is -0.650. The Morgan fingerprint density at radius 3 is 2.40 bits per heavy atom. The first-order valence-electron chi connectivity index (χ1n) is 8.05. The van der Waals surface area contributed by atoms with E-state index in [1.165, 1.54) is 25.7 Å². The molecule has 2 rings (SSSR count). The summed E-state index contributed by atoms with van der Waals surface area (Å²) in [7, 11) is 0. The summed E-state index contributed by atoms with van der Waals surface area (Å²) in [5.41, 5.74) is 0. The van der Waals surface area contributed by atoms with Crippen LogP contribution in [-0.4, -0.2) is 51.0 Å². The minimum atomic E-state index is 0.0638. The van der Waals surface area contributed by atoms with Gasteiger partial charge in [-0.3, -0.25) is 4.79 Å². The van der Waals surface area contributed by atoms with E-state index >= 15 is 0 Å². The molecule has 0 aromatic rings. The Kier molecular flexibility index (Phi) is 7.33. The van der Waals surface area contributed by atoms with Gasteiger partial charge in [0, 0.05) is 13.0 Å². The second kappa shape index (κ2) is 9.32. The molecule has 2 aliphatic rings. The molecule has 0 bridgehead atoms. The Morgan fingerprint density at radius 1 is 1.00 bits per heavy atom. The number of hydrogen-bond donors (Lipinski definition) is 2. The molecule has 0 aromatic carbocycles. The van der Waals surface area contributed by atoms with E-state index in [4.69, 9.17) is 9.47 Å². The van der Waals surface area contributed by atoms with Crippen LogP contribution in [0.4, 0.5) is 0 Å². The van der Waals surface area contributed by atoms with E-state index < -0.39 is 0 Å². The van der Waals surface area contributed by atoms with Crippen molar-refractivity contribution >= 4 is 5.91 Å². The van der Waals surface area contributed by atoms with E-state index in [0.29, 0.717) is 38.4 Å². The lowest BCUT2D eigenvalue weighted by Crippen LogP contribution is -2.34. The van der Waals surface area contributed by atoms with Gasteiger partial charge >= 0.3 is 0 Å². The molecule has 1 saturated heterocycles. The molecule has 0 aromatic heterocycles. The topological polar surface area (TPSA) is 59.6 Å². The predicted octanol–water partition coefficient (Wildman–Crippen LogP) is 1.22. The highest BCUT2D eigenvalue weighted by molar-refractivity contribution is 5.75. The van der Waals surface area contributed by atoms with Gasteiger partial charge in [0.25, 0.3) is 0 Å². The standard InChI is InChI=1S/C15H28N2O3/c18-15(7-11-19-14-5-8-16-9-6-14)17-10-12-20-13-3-1-2-4-13/h13-14,16H,1-12H2,(H,17,18). The summed E-state index contributed by atoms with van der Waals surface area (Å²) in [5.74, 6) is 0.0638. The molecule has 0 unspecified atom stereocenters. The van der Waals surface area contributed by atoms with Crippen LogP contribution < -0.4 is 10.6 Å². The lowest BCUT2D eigenvalue weighted by Gasteiger charge is -2.22. The molecule has 1 aliphatic carbocycles. The highest BCUT2D eigenvalue weighted by Gasteiger charge is 2.15. The molecule has 0 atom stereocenters. The maximum absolute atomic E-state index is 11.6. The highest BCUT2D eigenvalue weighted by atomic mass is 16.5. The van der Waals surface area contributed by atoms with Crippen LogP contribution in [0.25, 0.3) is 0 Å². The normalized spacial score (nSPS) is 21.2. The third kappa shape index (κ3) is 6.20. The Bertz CT molecular complexity index is 274. The van der Waals surface area contributed by atoms with Crippen molar-refractivity contribution in [2.24, 2.45) is 0 Å². The van der Waals surface area contributed by atoms with Crippen LogP contribution in [-0.2, 0) is 14.3 Å². The number of rotatable bonds is 8. The predicted molar refractivity (Wildman–Crippen MR) is 77.7 cm³/mol. The zero-order valence-corrected chi connectivity index (χ0v) is 12.4. The van der Waals surface area contributed by atoms with Crippen molar-refractivity contribution in [3.05, 3.63) is 0 Å². The van der Waals surface area contributed by atoms with Gasteiger partial charge in [-0.1, -0.05) is 12.8 Å². The van der Waals surface area contributed by atoms with Crippen LogP contribution in [0.1, 0.15) is 44.9 Å². The number of ether oxygens (including phenoxy) is 2. The van der Waals surface area contributed by atoms with Crippen molar-refractivity contribution < 1.29 is 14.3 Å². The van der Waals surface area contributed by atoms with Gasteiger partial charge in [0.1, 0.15) is 0 Å². The second-order valence-electron chi connectivity index (χ2n) is 5.70. The van der Waals surface area contributed by atoms with Crippen LogP contribution >= 0.6 is 0 Å². The second-order valence-corrected chi connectivity index (χ2v) is 5.70. The lowest BCUT2D eigenvalue weighted by atomic mass is 10.1. The first-order chi connectivity index (χ1) is 9.84. The summed E-state index contributed by atoms with van der Waals surface area (Å²) < 4.78 is 11.4. The van der Waals surface area contributed by atoms with Crippen molar-refractivity contribution in [3.63, 3.8) is 0 Å². The van der Waals surface area contributed by atoms with Crippen LogP contribution in [0.2, 0.25) is 0 Å². The van der Waals surface area contributed by atoms with Gasteiger partial charge in [0.2, 0.25) is 5.91 Å². The van der Waals surface area contributed by atoms with Crippen molar-refractivity contribution in [1.82, 2.24) is 10.6 Å². The van der Waals surface area contributed by atoms with Crippen LogP contribution in [0.5, 0.6) is 0 Å². The Morgan fingerprint density at radius 2 is 1.65 bits per heavy atom. The molecule has 5 nitrogen and oxygen atoms in total. The zero-order chi connectivity index (χ0) is 14.0. The first kappa shape index (κ1) is 15.7. The fourth-order valence-corrected chi connectivity index (χ4v) is 2.84. The maximum atomic E-state index is 11.6. The van der Waals surface area contributed by atoms with E-state index in [2.05, 4.69) is 10.6 Å². The smallest absolute Gasteiger partial charge is 0.222 e. The summed E-state index contributed by atoms with van der Waals surface area (Å²) in [6.45, 7) is 3.82. The zero-order valence-electron chi connectivity index (χ0n) is 12.4. The molecule has 1 heterocycles. The monoisotopic (exact) mass is 284 g/mol. The van der Waals surface area contributed by atoms with E-state index in [1.807, 2.05) is 0 Å². The van der Waals surface area contributed by atoms with Gasteiger partial charge < -0.3 is 20.1 Å². The fourth-order valence-electron chi connectivity index (χ4n) is 2.84. The number of carbonyl (C=O) groups excluding carboxylic acids is 1. The van der Waals surface area contributed by atoms with E-state index in [-0.39, 0.29) is 5.91 Å². The summed E-state index contributed by atoms with van der Waals surface area (Å²) in [4.78, 5) is 11.6. The number of piperidine rings is 1. The van der Waals surface area contributed by atoms with Gasteiger partial charge in [-0.25, -0.2) is 0 Å². The fraction of sp³-hybridized carbons (Fsp3) is 0.933. The van der Waals surface area contributed by atoms with Crippen molar-refractivity contribution in [2.75, 3.05) is 32.8 Å². The molecule has 20 heavy (non-hydrogen) atoms. The molecule has 0 radical (unpaired) electrons. The largest absolute Gasteiger partial charge is 0.378 e. The molecule has 1 aliphatic heterocycles. The molecular weight excluding hydrogens is 256 g/mol. The van der Waals surface area contributed by atoms with Gasteiger partial charge in [-0.05, 0) is 38.8 Å². The molecule has 116 valence electrons. The number of carbonyl (C=O) groups is 1. The van der Waals surface area contributed by atoms with Crippen molar-refractivity contribution in [2.45, 2.75) is 57.2 Å². The van der Waals surface area contributed by atoms with Gasteiger partial charge in [0.15, 0.2) is 0 Å². The van der Waals surface area contributed by atoms with Crippen LogP contribution in [0.3, 0.4) is 0 Å². The minimum absolute atomic E-state index is 0.0638. The molecule has 2 N–H and O–H groups in total. The van der Waals surface area contributed by atoms with Gasteiger partial charge in [-0.15, -0.1) is 0 Å². The van der Waals surface area contributed by atoms with Crippen LogP contribution in [0.15, 0.2) is 0 Å². The molecule has 2 fully saturated rings. The molecule has 5 heteroatoms. The molecule has 1 saturated carbocycles. The molecular formula is C15H28N2O3. The summed E-state index contributed by atoms with van der Waals surface area (Å²) in [6.07, 6.45) is 8.23. The summed E-state index contributed by atoms with van der Waals surface area (Å²) in [5, 5.41) is 6.19. The Labute approximate surface area is 121 Å². The quantitative estimate of drug-likeness (QED) is 0.658. The van der Waals surface area contributed by atoms with E-state index in [9.17, 15) is 4.79 Å². The number of nitrogens with one attached hydrogen (secondary N) is 2. The molecule has 0 spiro atoms. The van der Waals surface area contributed by atoms with E-state index in [1.54, 1.807) is 0 Å². The first-order valence-corrected chi connectivity index (χ1v) is 8.05. The maximum Gasteiger partial charge on any atom is 0.222 e. The Balaban J connectivity index is 1.41. The third-order valence-electron chi connectivity index (χ3n) is 4.05. The lowest BCUT2D eigenvalue weighted by molar-refractivity contribution is -0.123. The average Bonchev–Trinajstić information content (AvgIpc) is 2.98. The SMILES string of the molecule is O=C(CCOC1CCNCC1)NCCOC1CCCC1.